The first-order chi connectivity index (χ1) is 13.6. The van der Waals surface area contributed by atoms with E-state index in [0.717, 1.165) is 0 Å². The van der Waals surface area contributed by atoms with Crippen molar-refractivity contribution in [3.8, 4) is 0 Å². The summed E-state index contributed by atoms with van der Waals surface area (Å²) in [5.74, 6) is -0.370. The van der Waals surface area contributed by atoms with Gasteiger partial charge < -0.3 is 0 Å². The third-order valence-electron chi connectivity index (χ3n) is 4.38. The van der Waals surface area contributed by atoms with E-state index < -0.39 is 5.91 Å². The van der Waals surface area contributed by atoms with Crippen LogP contribution < -0.4 is 22.0 Å². The van der Waals surface area contributed by atoms with Gasteiger partial charge in [-0.3, -0.25) is 29.8 Å². The number of fused-ring (bicyclic) bond motifs is 2. The number of amides is 1. The van der Waals surface area contributed by atoms with Crippen molar-refractivity contribution in [2.45, 2.75) is 13.5 Å². The summed E-state index contributed by atoms with van der Waals surface area (Å²) in [5, 5.41) is 7.44. The molecule has 0 atom stereocenters. The molecule has 0 fully saturated rings. The lowest BCUT2D eigenvalue weighted by Crippen LogP contribution is -2.35. The lowest BCUT2D eigenvalue weighted by Gasteiger charge is -2.14. The van der Waals surface area contributed by atoms with Crippen LogP contribution in [0.25, 0.3) is 21.7 Å². The minimum absolute atomic E-state index is 0.0499. The Kier molecular flexibility index (Phi) is 4.32. The van der Waals surface area contributed by atoms with Gasteiger partial charge in [0.2, 0.25) is 5.95 Å². The molecule has 0 unspecified atom stereocenters. The van der Waals surface area contributed by atoms with Crippen molar-refractivity contribution in [1.82, 2.24) is 25.2 Å². The van der Waals surface area contributed by atoms with Crippen LogP contribution in [0.15, 0.2) is 58.1 Å². The van der Waals surface area contributed by atoms with Crippen molar-refractivity contribution in [2.75, 3.05) is 5.43 Å². The molecule has 0 bridgehead atoms. The number of hydrazine groups is 1. The molecular formula is C19H16N6O3. The fourth-order valence-corrected chi connectivity index (χ4v) is 3.02. The third-order valence-corrected chi connectivity index (χ3v) is 4.38. The topological polar surface area (TPSA) is 122 Å². The lowest BCUT2D eigenvalue weighted by molar-refractivity contribution is 0.0958. The average molecular weight is 376 g/mol. The van der Waals surface area contributed by atoms with Crippen LogP contribution in [0.3, 0.4) is 0 Å². The number of aromatic nitrogens is 4. The first-order valence-corrected chi connectivity index (χ1v) is 8.63. The van der Waals surface area contributed by atoms with Crippen LogP contribution in [0.2, 0.25) is 0 Å². The number of rotatable bonds is 4. The Morgan fingerprint density at radius 2 is 1.71 bits per heavy atom. The molecule has 0 spiro atoms. The van der Waals surface area contributed by atoms with E-state index in [1.807, 2.05) is 6.92 Å². The molecule has 0 aliphatic heterocycles. The first-order valence-electron chi connectivity index (χ1n) is 8.63. The number of hydrogen-bond donors (Lipinski definition) is 3. The van der Waals surface area contributed by atoms with Gasteiger partial charge in [0.05, 0.1) is 16.3 Å². The second kappa shape index (κ2) is 6.95. The maximum atomic E-state index is 12.6. The van der Waals surface area contributed by atoms with Crippen LogP contribution in [-0.2, 0) is 6.54 Å². The molecule has 140 valence electrons. The molecule has 2 aromatic carbocycles. The van der Waals surface area contributed by atoms with Crippen LogP contribution >= 0.6 is 0 Å². The molecule has 0 aliphatic carbocycles. The summed E-state index contributed by atoms with van der Waals surface area (Å²) in [6.45, 7) is 2.18. The van der Waals surface area contributed by atoms with Gasteiger partial charge >= 0.3 is 0 Å². The summed E-state index contributed by atoms with van der Waals surface area (Å²) < 4.78 is 1.42. The molecule has 4 aromatic rings. The summed E-state index contributed by atoms with van der Waals surface area (Å²) in [4.78, 5) is 41.5. The lowest BCUT2D eigenvalue weighted by atomic mass is 10.1. The number of carbonyl (C=O) groups is 1. The number of anilines is 1. The summed E-state index contributed by atoms with van der Waals surface area (Å²) in [5.41, 5.74) is 5.17. The monoisotopic (exact) mass is 376 g/mol. The number of H-pyrrole nitrogens is 1. The van der Waals surface area contributed by atoms with Crippen LogP contribution in [0.5, 0.6) is 0 Å². The molecule has 28 heavy (non-hydrogen) atoms. The quantitative estimate of drug-likeness (QED) is 0.463. The number of carbonyl (C=O) groups excluding carboxylic acids is 1. The van der Waals surface area contributed by atoms with E-state index in [1.54, 1.807) is 48.5 Å². The largest absolute Gasteiger partial charge is 0.290 e. The smallest absolute Gasteiger partial charge is 0.277 e. The number of para-hydroxylation sites is 1. The van der Waals surface area contributed by atoms with E-state index in [0.29, 0.717) is 28.2 Å². The van der Waals surface area contributed by atoms with E-state index in [2.05, 4.69) is 26.0 Å². The highest BCUT2D eigenvalue weighted by Crippen LogP contribution is 2.13. The highest BCUT2D eigenvalue weighted by Gasteiger charge is 2.15. The zero-order valence-electron chi connectivity index (χ0n) is 14.9. The van der Waals surface area contributed by atoms with Gasteiger partial charge in [-0.1, -0.05) is 30.3 Å². The van der Waals surface area contributed by atoms with E-state index >= 15 is 0 Å². The van der Waals surface area contributed by atoms with Crippen molar-refractivity contribution in [3.05, 3.63) is 74.9 Å². The molecular weight excluding hydrogens is 360 g/mol. The predicted octanol–water partition coefficient (Wildman–Crippen LogP) is 1.41. The minimum Gasteiger partial charge on any atom is -0.277 e. The Labute approximate surface area is 158 Å². The van der Waals surface area contributed by atoms with Crippen LogP contribution in [0.4, 0.5) is 5.95 Å². The third kappa shape index (κ3) is 2.88. The molecule has 0 radical (unpaired) electrons. The van der Waals surface area contributed by atoms with Gasteiger partial charge in [-0.05, 0) is 25.1 Å². The SMILES string of the molecule is CCn1c(NNC(=O)c2n[nH]c(=O)c3ccccc23)nc2ccccc2c1=O. The van der Waals surface area contributed by atoms with E-state index in [9.17, 15) is 14.4 Å². The molecule has 0 saturated carbocycles. The van der Waals surface area contributed by atoms with E-state index in [-0.39, 0.29) is 22.8 Å². The normalized spacial score (nSPS) is 10.9. The average Bonchev–Trinajstić information content (AvgIpc) is 2.72. The maximum Gasteiger partial charge on any atom is 0.290 e. The molecule has 4 rings (SSSR count). The van der Waals surface area contributed by atoms with Crippen molar-refractivity contribution in [1.29, 1.82) is 0 Å². The fraction of sp³-hybridized carbons (Fsp3) is 0.105. The number of benzene rings is 2. The summed E-state index contributed by atoms with van der Waals surface area (Å²) in [7, 11) is 0. The zero-order valence-corrected chi connectivity index (χ0v) is 14.9. The molecule has 9 heteroatoms. The number of nitrogens with one attached hydrogen (secondary N) is 3. The van der Waals surface area contributed by atoms with Gasteiger partial charge in [0.1, 0.15) is 0 Å². The molecule has 3 N–H and O–H groups in total. The molecule has 2 aromatic heterocycles. The highest BCUT2D eigenvalue weighted by molar-refractivity contribution is 6.05. The fourth-order valence-electron chi connectivity index (χ4n) is 3.02. The second-order valence-corrected chi connectivity index (χ2v) is 6.03. The second-order valence-electron chi connectivity index (χ2n) is 6.03. The van der Waals surface area contributed by atoms with Gasteiger partial charge in [-0.15, -0.1) is 0 Å². The van der Waals surface area contributed by atoms with Crippen molar-refractivity contribution in [2.24, 2.45) is 0 Å². The van der Waals surface area contributed by atoms with Gasteiger partial charge in [-0.25, -0.2) is 10.1 Å². The zero-order chi connectivity index (χ0) is 19.7. The molecule has 2 heterocycles. The first kappa shape index (κ1) is 17.4. The van der Waals surface area contributed by atoms with Crippen molar-refractivity contribution >= 4 is 33.5 Å². The minimum atomic E-state index is -0.572. The Hall–Kier alpha value is -4.01. The van der Waals surface area contributed by atoms with Crippen LogP contribution in [0, 0.1) is 0 Å². The predicted molar refractivity (Wildman–Crippen MR) is 105 cm³/mol. The Bertz CT molecular complexity index is 1320. The van der Waals surface area contributed by atoms with Gasteiger partial charge in [0, 0.05) is 11.9 Å². The number of nitrogens with zero attached hydrogens (tertiary/aromatic N) is 3. The number of hydrogen-bond acceptors (Lipinski definition) is 6. The molecule has 0 saturated heterocycles. The standard InChI is InChI=1S/C19H16N6O3/c1-2-25-18(28)13-9-5-6-10-14(13)20-19(25)24-23-17(27)15-11-7-3-4-8-12(11)16(26)22-21-15/h3-10H,2H2,1H3,(H,20,24)(H,22,26)(H,23,27). The van der Waals surface area contributed by atoms with Gasteiger partial charge in [-0.2, -0.15) is 5.10 Å². The summed E-state index contributed by atoms with van der Waals surface area (Å²) in [6.07, 6.45) is 0. The van der Waals surface area contributed by atoms with E-state index in [1.165, 1.54) is 4.57 Å². The van der Waals surface area contributed by atoms with Gasteiger partial charge in [0.25, 0.3) is 17.0 Å². The van der Waals surface area contributed by atoms with Crippen LogP contribution in [0.1, 0.15) is 17.4 Å². The Balaban J connectivity index is 1.69. The Morgan fingerprint density at radius 3 is 2.46 bits per heavy atom. The van der Waals surface area contributed by atoms with Crippen molar-refractivity contribution in [3.63, 3.8) is 0 Å². The highest BCUT2D eigenvalue weighted by atomic mass is 16.2. The van der Waals surface area contributed by atoms with Crippen LogP contribution in [-0.4, -0.2) is 25.7 Å². The summed E-state index contributed by atoms with van der Waals surface area (Å²) >= 11 is 0. The maximum absolute atomic E-state index is 12.6. The number of aromatic amines is 1. The molecule has 1 amide bonds. The molecule has 0 aliphatic rings. The Morgan fingerprint density at radius 1 is 1.04 bits per heavy atom. The molecule has 9 nitrogen and oxygen atoms in total. The van der Waals surface area contributed by atoms with Crippen molar-refractivity contribution < 1.29 is 4.79 Å². The van der Waals surface area contributed by atoms with E-state index in [4.69, 9.17) is 0 Å². The van der Waals surface area contributed by atoms with Gasteiger partial charge in [0.15, 0.2) is 5.69 Å². The summed E-state index contributed by atoms with van der Waals surface area (Å²) in [6, 6.07) is 13.7.